The Balaban J connectivity index is 1.83. The van der Waals surface area contributed by atoms with Gasteiger partial charge in [-0.2, -0.15) is 0 Å². The van der Waals surface area contributed by atoms with Gasteiger partial charge in [0.2, 0.25) is 12.7 Å². The molecular formula is C11H13NO4. The molecule has 0 radical (unpaired) electrons. The van der Waals surface area contributed by atoms with E-state index in [-0.39, 0.29) is 12.7 Å². The average Bonchev–Trinajstić information content (AvgIpc) is 2.71. The molecule has 1 aliphatic rings. The third-order valence-corrected chi connectivity index (χ3v) is 2.18. The number of fused-ring (bicyclic) bond motifs is 1. The van der Waals surface area contributed by atoms with E-state index in [0.717, 1.165) is 5.75 Å². The second kappa shape index (κ2) is 4.74. The lowest BCUT2D eigenvalue weighted by Gasteiger charge is -2.05. The summed E-state index contributed by atoms with van der Waals surface area (Å²) in [6, 6.07) is 5.37. The molecule has 1 aromatic carbocycles. The zero-order valence-corrected chi connectivity index (χ0v) is 8.77. The maximum Gasteiger partial charge on any atom is 0.231 e. The number of nitrogens with two attached hydrogens (primary N) is 1. The number of primary amides is 1. The molecule has 1 aromatic rings. The Labute approximate surface area is 93.1 Å². The first kappa shape index (κ1) is 10.6. The van der Waals surface area contributed by atoms with E-state index in [1.165, 1.54) is 0 Å². The highest BCUT2D eigenvalue weighted by Gasteiger charge is 2.13. The van der Waals surface area contributed by atoms with Crippen molar-refractivity contribution < 1.29 is 19.0 Å². The van der Waals surface area contributed by atoms with Gasteiger partial charge in [-0.3, -0.25) is 4.79 Å². The Morgan fingerprint density at radius 1 is 1.38 bits per heavy atom. The van der Waals surface area contributed by atoms with Crippen molar-refractivity contribution in [1.29, 1.82) is 0 Å². The third kappa shape index (κ3) is 2.56. The van der Waals surface area contributed by atoms with Gasteiger partial charge in [0, 0.05) is 12.5 Å². The molecule has 16 heavy (non-hydrogen) atoms. The standard InChI is InChI=1S/C11H13NO4/c12-11(13)2-1-5-14-8-3-4-9-10(6-8)16-7-15-9/h3-4,6H,1-2,5,7H2,(H2,12,13). The van der Waals surface area contributed by atoms with Gasteiger partial charge in [0.25, 0.3) is 0 Å². The molecule has 5 nitrogen and oxygen atoms in total. The van der Waals surface area contributed by atoms with Crippen molar-refractivity contribution in [2.24, 2.45) is 5.73 Å². The lowest BCUT2D eigenvalue weighted by atomic mass is 10.3. The fraction of sp³-hybridized carbons (Fsp3) is 0.364. The van der Waals surface area contributed by atoms with E-state index < -0.39 is 0 Å². The average molecular weight is 223 g/mol. The minimum Gasteiger partial charge on any atom is -0.493 e. The van der Waals surface area contributed by atoms with Gasteiger partial charge in [-0.15, -0.1) is 0 Å². The second-order valence-electron chi connectivity index (χ2n) is 3.43. The molecule has 2 rings (SSSR count). The Kier molecular flexibility index (Phi) is 3.14. The fourth-order valence-electron chi connectivity index (χ4n) is 1.40. The van der Waals surface area contributed by atoms with Crippen LogP contribution in [-0.2, 0) is 4.79 Å². The topological polar surface area (TPSA) is 70.8 Å². The molecule has 86 valence electrons. The molecule has 0 fully saturated rings. The van der Waals surface area contributed by atoms with Crippen LogP contribution in [0.15, 0.2) is 18.2 Å². The molecular weight excluding hydrogens is 210 g/mol. The minimum atomic E-state index is -0.311. The molecule has 0 aliphatic carbocycles. The molecule has 2 N–H and O–H groups in total. The van der Waals surface area contributed by atoms with E-state index in [9.17, 15) is 4.79 Å². The highest BCUT2D eigenvalue weighted by Crippen LogP contribution is 2.35. The summed E-state index contributed by atoms with van der Waals surface area (Å²) < 4.78 is 15.8. The van der Waals surface area contributed by atoms with Crippen LogP contribution < -0.4 is 19.9 Å². The van der Waals surface area contributed by atoms with Crippen LogP contribution in [0.4, 0.5) is 0 Å². The van der Waals surface area contributed by atoms with Gasteiger partial charge in [0.05, 0.1) is 6.61 Å². The van der Waals surface area contributed by atoms with Crippen molar-refractivity contribution in [1.82, 2.24) is 0 Å². The zero-order valence-electron chi connectivity index (χ0n) is 8.77. The number of carbonyl (C=O) groups is 1. The molecule has 0 atom stereocenters. The van der Waals surface area contributed by atoms with Crippen molar-refractivity contribution in [3.63, 3.8) is 0 Å². The van der Waals surface area contributed by atoms with Gasteiger partial charge >= 0.3 is 0 Å². The third-order valence-electron chi connectivity index (χ3n) is 2.18. The smallest absolute Gasteiger partial charge is 0.231 e. The molecule has 0 aromatic heterocycles. The predicted molar refractivity (Wildman–Crippen MR) is 56.5 cm³/mol. The van der Waals surface area contributed by atoms with Crippen molar-refractivity contribution in [2.45, 2.75) is 12.8 Å². The van der Waals surface area contributed by atoms with E-state index >= 15 is 0 Å². The van der Waals surface area contributed by atoms with Gasteiger partial charge < -0.3 is 19.9 Å². The summed E-state index contributed by atoms with van der Waals surface area (Å²) >= 11 is 0. The van der Waals surface area contributed by atoms with Gasteiger partial charge in [-0.05, 0) is 18.6 Å². The minimum absolute atomic E-state index is 0.250. The highest BCUT2D eigenvalue weighted by atomic mass is 16.7. The van der Waals surface area contributed by atoms with E-state index in [4.69, 9.17) is 19.9 Å². The molecule has 5 heteroatoms. The molecule has 1 amide bonds. The Hall–Kier alpha value is -1.91. The number of hydrogen-bond donors (Lipinski definition) is 1. The number of rotatable bonds is 5. The Morgan fingerprint density at radius 3 is 3.00 bits per heavy atom. The van der Waals surface area contributed by atoms with E-state index in [1.807, 2.05) is 0 Å². The van der Waals surface area contributed by atoms with Crippen molar-refractivity contribution in [3.8, 4) is 17.2 Å². The molecule has 0 unspecified atom stereocenters. The lowest BCUT2D eigenvalue weighted by molar-refractivity contribution is -0.118. The highest BCUT2D eigenvalue weighted by molar-refractivity contribution is 5.73. The number of benzene rings is 1. The SMILES string of the molecule is NC(=O)CCCOc1ccc2c(c1)OCO2. The van der Waals surface area contributed by atoms with Crippen LogP contribution in [0, 0.1) is 0 Å². The van der Waals surface area contributed by atoms with Gasteiger partial charge in [0.15, 0.2) is 11.5 Å². The summed E-state index contributed by atoms with van der Waals surface area (Å²) in [5, 5.41) is 0. The van der Waals surface area contributed by atoms with Crippen LogP contribution in [0.2, 0.25) is 0 Å². The predicted octanol–water partition coefficient (Wildman–Crippen LogP) is 1.06. The molecule has 0 bridgehead atoms. The number of ether oxygens (including phenoxy) is 3. The summed E-state index contributed by atoms with van der Waals surface area (Å²) in [7, 11) is 0. The quantitative estimate of drug-likeness (QED) is 0.757. The molecule has 0 saturated heterocycles. The van der Waals surface area contributed by atoms with Crippen LogP contribution >= 0.6 is 0 Å². The molecule has 0 spiro atoms. The zero-order chi connectivity index (χ0) is 11.4. The second-order valence-corrected chi connectivity index (χ2v) is 3.43. The van der Waals surface area contributed by atoms with E-state index in [0.29, 0.717) is 30.9 Å². The van der Waals surface area contributed by atoms with Crippen molar-refractivity contribution in [3.05, 3.63) is 18.2 Å². The normalized spacial score (nSPS) is 12.5. The van der Waals surface area contributed by atoms with Gasteiger partial charge in [-0.1, -0.05) is 0 Å². The van der Waals surface area contributed by atoms with Crippen molar-refractivity contribution >= 4 is 5.91 Å². The number of carbonyl (C=O) groups excluding carboxylic acids is 1. The van der Waals surface area contributed by atoms with Crippen LogP contribution in [0.1, 0.15) is 12.8 Å². The summed E-state index contributed by atoms with van der Waals surface area (Å²) in [5.74, 6) is 1.81. The largest absolute Gasteiger partial charge is 0.493 e. The van der Waals surface area contributed by atoms with Gasteiger partial charge in [0.1, 0.15) is 5.75 Å². The lowest BCUT2D eigenvalue weighted by Crippen LogP contribution is -2.11. The molecule has 1 aliphatic heterocycles. The molecule has 0 saturated carbocycles. The van der Waals surface area contributed by atoms with Crippen molar-refractivity contribution in [2.75, 3.05) is 13.4 Å². The fourth-order valence-corrected chi connectivity index (χ4v) is 1.40. The first-order chi connectivity index (χ1) is 7.75. The number of hydrogen-bond acceptors (Lipinski definition) is 4. The summed E-state index contributed by atoms with van der Waals surface area (Å²) in [4.78, 5) is 10.5. The van der Waals surface area contributed by atoms with E-state index in [1.54, 1.807) is 18.2 Å². The van der Waals surface area contributed by atoms with Crippen LogP contribution in [0.25, 0.3) is 0 Å². The van der Waals surface area contributed by atoms with Gasteiger partial charge in [-0.25, -0.2) is 0 Å². The number of amides is 1. The maximum absolute atomic E-state index is 10.5. The summed E-state index contributed by atoms with van der Waals surface area (Å²) in [6.07, 6.45) is 0.953. The Morgan fingerprint density at radius 2 is 2.19 bits per heavy atom. The van der Waals surface area contributed by atoms with E-state index in [2.05, 4.69) is 0 Å². The maximum atomic E-state index is 10.5. The summed E-state index contributed by atoms with van der Waals surface area (Å²) in [6.45, 7) is 0.711. The monoisotopic (exact) mass is 223 g/mol. The van der Waals surface area contributed by atoms with Crippen LogP contribution in [0.3, 0.4) is 0 Å². The Bertz CT molecular complexity index is 392. The first-order valence-electron chi connectivity index (χ1n) is 5.06. The van der Waals surface area contributed by atoms with Crippen LogP contribution in [0.5, 0.6) is 17.2 Å². The van der Waals surface area contributed by atoms with Crippen LogP contribution in [-0.4, -0.2) is 19.3 Å². The first-order valence-corrected chi connectivity index (χ1v) is 5.06. The summed E-state index contributed by atoms with van der Waals surface area (Å²) in [5.41, 5.74) is 5.01. The molecule has 1 heterocycles.